The van der Waals surface area contributed by atoms with E-state index in [-0.39, 0.29) is 4.11 Å². The third-order valence-corrected chi connectivity index (χ3v) is 4.67. The van der Waals surface area contributed by atoms with Crippen LogP contribution in [0, 0.1) is 0 Å². The highest BCUT2D eigenvalue weighted by atomic mass is 127. The van der Waals surface area contributed by atoms with Gasteiger partial charge in [0, 0.05) is 0 Å². The molecule has 0 aliphatic carbocycles. The summed E-state index contributed by atoms with van der Waals surface area (Å²) in [5.41, 5.74) is 0. The number of unbranched alkanes of at least 4 members (excludes halogenated alkanes) is 14. The maximum Gasteiger partial charge on any atom is 0.105 e. The molecule has 20 heavy (non-hydrogen) atoms. The lowest BCUT2D eigenvalue weighted by Gasteiger charge is -2.04. The quantitative estimate of drug-likeness (QED) is 0.169. The zero-order valence-corrected chi connectivity index (χ0v) is 15.9. The Labute approximate surface area is 141 Å². The number of aliphatic hydroxyl groups is 1. The van der Waals surface area contributed by atoms with Crippen LogP contribution in [0.3, 0.4) is 0 Å². The molecule has 1 atom stereocenters. The summed E-state index contributed by atoms with van der Waals surface area (Å²) in [5.74, 6) is 0. The summed E-state index contributed by atoms with van der Waals surface area (Å²) in [4.78, 5) is 0. The minimum absolute atomic E-state index is 0.130. The molecule has 0 rings (SSSR count). The summed E-state index contributed by atoms with van der Waals surface area (Å²) >= 11 is 2.10. The van der Waals surface area contributed by atoms with Gasteiger partial charge in [-0.05, 0) is 6.42 Å². The standard InChI is InChI=1S/C18H37IO/c1-2-3-4-5-6-7-8-9-10-11-12-13-14-15-16-17-18(19)20/h18,20H,2-17H2,1H3. The Hall–Kier alpha value is 0.690. The largest absolute Gasteiger partial charge is 0.383 e. The number of halogens is 1. The highest BCUT2D eigenvalue weighted by Crippen LogP contribution is 2.14. The first-order chi connectivity index (χ1) is 9.77. The van der Waals surface area contributed by atoms with Gasteiger partial charge in [0.1, 0.15) is 4.11 Å². The molecule has 0 fully saturated rings. The van der Waals surface area contributed by atoms with E-state index in [1.807, 2.05) is 0 Å². The van der Waals surface area contributed by atoms with Crippen LogP contribution >= 0.6 is 22.6 Å². The fraction of sp³-hybridized carbons (Fsp3) is 1.00. The predicted molar refractivity (Wildman–Crippen MR) is 99.6 cm³/mol. The molecule has 0 amide bonds. The zero-order chi connectivity index (χ0) is 14.9. The van der Waals surface area contributed by atoms with Gasteiger partial charge in [0.15, 0.2) is 0 Å². The topological polar surface area (TPSA) is 20.2 Å². The van der Waals surface area contributed by atoms with E-state index in [2.05, 4.69) is 29.5 Å². The van der Waals surface area contributed by atoms with Crippen molar-refractivity contribution in [2.75, 3.05) is 0 Å². The minimum Gasteiger partial charge on any atom is -0.383 e. The van der Waals surface area contributed by atoms with Crippen LogP contribution < -0.4 is 0 Å². The SMILES string of the molecule is CCCCCCCCCCCCCCCCCC(O)I. The molecular formula is C18H37IO. The molecule has 0 radical (unpaired) electrons. The van der Waals surface area contributed by atoms with Crippen LogP contribution in [0.4, 0.5) is 0 Å². The van der Waals surface area contributed by atoms with Crippen molar-refractivity contribution in [3.63, 3.8) is 0 Å². The van der Waals surface area contributed by atoms with Gasteiger partial charge in [0.05, 0.1) is 0 Å². The summed E-state index contributed by atoms with van der Waals surface area (Å²) in [6.07, 6.45) is 22.1. The van der Waals surface area contributed by atoms with Gasteiger partial charge in [0.2, 0.25) is 0 Å². The fourth-order valence-electron chi connectivity index (χ4n) is 2.68. The van der Waals surface area contributed by atoms with Crippen LogP contribution in [0.5, 0.6) is 0 Å². The maximum absolute atomic E-state index is 9.14. The summed E-state index contributed by atoms with van der Waals surface area (Å²) in [6.45, 7) is 2.28. The third kappa shape index (κ3) is 18.7. The zero-order valence-electron chi connectivity index (χ0n) is 13.7. The second kappa shape index (κ2) is 17.7. The normalized spacial score (nSPS) is 12.8. The van der Waals surface area contributed by atoms with Crippen molar-refractivity contribution in [3.05, 3.63) is 0 Å². The molecule has 0 aromatic carbocycles. The summed E-state index contributed by atoms with van der Waals surface area (Å²) in [5, 5.41) is 9.14. The van der Waals surface area contributed by atoms with E-state index < -0.39 is 0 Å². The molecule has 0 aliphatic heterocycles. The number of alkyl halides is 1. The Bertz CT molecular complexity index is 171. The molecule has 0 bridgehead atoms. The monoisotopic (exact) mass is 396 g/mol. The summed E-state index contributed by atoms with van der Waals surface area (Å²) < 4.78 is -0.130. The molecule has 0 saturated carbocycles. The van der Waals surface area contributed by atoms with Gasteiger partial charge in [-0.2, -0.15) is 0 Å². The highest BCUT2D eigenvalue weighted by Gasteiger charge is 1.97. The maximum atomic E-state index is 9.14. The number of rotatable bonds is 16. The molecule has 1 N–H and O–H groups in total. The van der Waals surface area contributed by atoms with E-state index in [4.69, 9.17) is 5.11 Å². The van der Waals surface area contributed by atoms with Crippen molar-refractivity contribution >= 4 is 22.6 Å². The van der Waals surface area contributed by atoms with Gasteiger partial charge in [-0.25, -0.2) is 0 Å². The van der Waals surface area contributed by atoms with Crippen molar-refractivity contribution in [1.82, 2.24) is 0 Å². The van der Waals surface area contributed by atoms with Crippen LogP contribution in [-0.4, -0.2) is 9.22 Å². The van der Waals surface area contributed by atoms with E-state index in [1.165, 1.54) is 96.3 Å². The van der Waals surface area contributed by atoms with E-state index >= 15 is 0 Å². The molecule has 0 aromatic rings. The average molecular weight is 396 g/mol. The second-order valence-electron chi connectivity index (χ2n) is 6.17. The van der Waals surface area contributed by atoms with Gasteiger partial charge in [0.25, 0.3) is 0 Å². The lowest BCUT2D eigenvalue weighted by atomic mass is 10.0. The molecule has 122 valence electrons. The first-order valence-corrected chi connectivity index (χ1v) is 10.3. The number of hydrogen-bond acceptors (Lipinski definition) is 1. The van der Waals surface area contributed by atoms with Crippen LogP contribution in [0.25, 0.3) is 0 Å². The molecule has 1 nitrogen and oxygen atoms in total. The van der Waals surface area contributed by atoms with Crippen molar-refractivity contribution in [2.24, 2.45) is 0 Å². The van der Waals surface area contributed by atoms with Gasteiger partial charge in [-0.15, -0.1) is 0 Å². The summed E-state index contributed by atoms with van der Waals surface area (Å²) in [6, 6.07) is 0. The van der Waals surface area contributed by atoms with E-state index in [9.17, 15) is 0 Å². The molecule has 1 unspecified atom stereocenters. The van der Waals surface area contributed by atoms with Crippen LogP contribution in [0.2, 0.25) is 0 Å². The Kier molecular flexibility index (Phi) is 18.4. The highest BCUT2D eigenvalue weighted by molar-refractivity contribution is 14.1. The van der Waals surface area contributed by atoms with Gasteiger partial charge in [-0.3, -0.25) is 0 Å². The first-order valence-electron chi connectivity index (χ1n) is 9.09. The van der Waals surface area contributed by atoms with Crippen LogP contribution in [-0.2, 0) is 0 Å². The van der Waals surface area contributed by atoms with E-state index in [0.717, 1.165) is 6.42 Å². The Morgan fingerprint density at radius 1 is 0.600 bits per heavy atom. The third-order valence-electron chi connectivity index (χ3n) is 4.05. The average Bonchev–Trinajstić information content (AvgIpc) is 2.43. The molecule has 0 aromatic heterocycles. The second-order valence-corrected chi connectivity index (χ2v) is 7.61. The lowest BCUT2D eigenvalue weighted by molar-refractivity contribution is 0.263. The minimum atomic E-state index is -0.130. The fourth-order valence-corrected chi connectivity index (χ4v) is 3.12. The number of hydrogen-bond donors (Lipinski definition) is 1. The molecular weight excluding hydrogens is 359 g/mol. The molecule has 0 heterocycles. The van der Waals surface area contributed by atoms with E-state index in [1.54, 1.807) is 0 Å². The molecule has 2 heteroatoms. The smallest absolute Gasteiger partial charge is 0.105 e. The van der Waals surface area contributed by atoms with Crippen LogP contribution in [0.15, 0.2) is 0 Å². The molecule has 0 aliphatic rings. The Morgan fingerprint density at radius 2 is 0.900 bits per heavy atom. The van der Waals surface area contributed by atoms with E-state index in [0.29, 0.717) is 0 Å². The molecule has 0 spiro atoms. The predicted octanol–water partition coefficient (Wildman–Crippen LogP) is 7.00. The Balaban J connectivity index is 2.92. The van der Waals surface area contributed by atoms with Crippen molar-refractivity contribution in [1.29, 1.82) is 0 Å². The van der Waals surface area contributed by atoms with Gasteiger partial charge in [-0.1, -0.05) is 126 Å². The Morgan fingerprint density at radius 3 is 1.20 bits per heavy atom. The van der Waals surface area contributed by atoms with Gasteiger partial charge < -0.3 is 5.11 Å². The summed E-state index contributed by atoms with van der Waals surface area (Å²) in [7, 11) is 0. The van der Waals surface area contributed by atoms with Crippen molar-refractivity contribution in [2.45, 2.75) is 114 Å². The lowest BCUT2D eigenvalue weighted by Crippen LogP contribution is -1.93. The van der Waals surface area contributed by atoms with Crippen molar-refractivity contribution in [3.8, 4) is 0 Å². The van der Waals surface area contributed by atoms with Gasteiger partial charge >= 0.3 is 0 Å². The molecule has 0 saturated heterocycles. The first kappa shape index (κ1) is 20.7. The number of aliphatic hydroxyl groups excluding tert-OH is 1. The van der Waals surface area contributed by atoms with Crippen molar-refractivity contribution < 1.29 is 5.11 Å². The van der Waals surface area contributed by atoms with Crippen LogP contribution in [0.1, 0.15) is 110 Å².